The first-order valence-corrected chi connectivity index (χ1v) is 10.2. The molecule has 0 bridgehead atoms. The summed E-state index contributed by atoms with van der Waals surface area (Å²) in [4.78, 5) is 4.29. The molecular formula is C23H19FN4O3. The molecule has 31 heavy (non-hydrogen) atoms. The van der Waals surface area contributed by atoms with Gasteiger partial charge in [0.25, 0.3) is 0 Å². The summed E-state index contributed by atoms with van der Waals surface area (Å²) in [6.45, 7) is 0.661. The summed E-state index contributed by atoms with van der Waals surface area (Å²) >= 11 is 0. The van der Waals surface area contributed by atoms with Crippen molar-refractivity contribution in [3.63, 3.8) is 0 Å². The van der Waals surface area contributed by atoms with Gasteiger partial charge in [-0.2, -0.15) is 0 Å². The van der Waals surface area contributed by atoms with Gasteiger partial charge in [-0.25, -0.2) is 4.39 Å². The normalized spacial score (nSPS) is 17.2. The number of rotatable bonds is 2. The van der Waals surface area contributed by atoms with Crippen LogP contribution in [-0.4, -0.2) is 37.9 Å². The third-order valence-electron chi connectivity index (χ3n) is 6.13. The lowest BCUT2D eigenvalue weighted by atomic mass is 9.93. The van der Waals surface area contributed by atoms with Gasteiger partial charge in [-0.15, -0.1) is 10.2 Å². The summed E-state index contributed by atoms with van der Waals surface area (Å²) in [6.07, 6.45) is 4.37. The van der Waals surface area contributed by atoms with Crippen LogP contribution in [0.15, 0.2) is 42.9 Å². The Morgan fingerprint density at radius 3 is 2.84 bits per heavy atom. The molecule has 0 unspecified atom stereocenters. The minimum Gasteiger partial charge on any atom is -0.493 e. The Hall–Kier alpha value is -3.52. The maximum absolute atomic E-state index is 14.7. The molecule has 1 N–H and O–H groups in total. The largest absolute Gasteiger partial charge is 0.493 e. The van der Waals surface area contributed by atoms with Crippen molar-refractivity contribution in [2.45, 2.75) is 25.4 Å². The number of hydrogen-bond donors (Lipinski definition) is 1. The van der Waals surface area contributed by atoms with Crippen molar-refractivity contribution in [2.75, 3.05) is 13.2 Å². The number of nitrogens with zero attached hydrogens (tertiary/aromatic N) is 4. The van der Waals surface area contributed by atoms with Crippen molar-refractivity contribution < 1.29 is 19.0 Å². The lowest BCUT2D eigenvalue weighted by Crippen LogP contribution is -2.13. The van der Waals surface area contributed by atoms with E-state index >= 15 is 0 Å². The fraction of sp³-hybridized carbons (Fsp3) is 0.261. The molecule has 7 nitrogen and oxygen atoms in total. The molecule has 2 aliphatic rings. The lowest BCUT2D eigenvalue weighted by Gasteiger charge is -2.17. The maximum Gasteiger partial charge on any atom is 0.169 e. The number of ether oxygens (including phenoxy) is 2. The molecule has 0 spiro atoms. The molecule has 0 saturated heterocycles. The summed E-state index contributed by atoms with van der Waals surface area (Å²) in [7, 11) is 0. The smallest absolute Gasteiger partial charge is 0.169 e. The second kappa shape index (κ2) is 7.02. The van der Waals surface area contributed by atoms with E-state index in [2.05, 4.69) is 15.2 Å². The van der Waals surface area contributed by atoms with Crippen LogP contribution in [0.25, 0.3) is 16.8 Å². The van der Waals surface area contributed by atoms with Gasteiger partial charge in [0.05, 0.1) is 37.1 Å². The number of halogens is 1. The van der Waals surface area contributed by atoms with Crippen LogP contribution in [0.2, 0.25) is 0 Å². The first-order chi connectivity index (χ1) is 15.2. The van der Waals surface area contributed by atoms with Gasteiger partial charge in [0, 0.05) is 22.9 Å². The minimum atomic E-state index is -0.211. The molecule has 1 atom stereocenters. The van der Waals surface area contributed by atoms with E-state index in [0.29, 0.717) is 48.7 Å². The van der Waals surface area contributed by atoms with Crippen molar-refractivity contribution in [1.29, 1.82) is 0 Å². The van der Waals surface area contributed by atoms with Crippen LogP contribution in [0.1, 0.15) is 28.4 Å². The predicted molar refractivity (Wildman–Crippen MR) is 110 cm³/mol. The van der Waals surface area contributed by atoms with Crippen LogP contribution in [0.4, 0.5) is 4.39 Å². The molecule has 0 amide bonds. The van der Waals surface area contributed by atoms with E-state index in [1.165, 1.54) is 6.07 Å². The number of fused-ring (bicyclic) bond motifs is 3. The molecular weight excluding hydrogens is 399 g/mol. The van der Waals surface area contributed by atoms with Gasteiger partial charge in [-0.1, -0.05) is 6.07 Å². The average molecular weight is 418 g/mol. The molecule has 0 aliphatic carbocycles. The van der Waals surface area contributed by atoms with E-state index in [1.807, 2.05) is 22.6 Å². The van der Waals surface area contributed by atoms with E-state index in [4.69, 9.17) is 9.47 Å². The fourth-order valence-electron chi connectivity index (χ4n) is 4.67. The van der Waals surface area contributed by atoms with Gasteiger partial charge in [-0.05, 0) is 42.7 Å². The second-order valence-electron chi connectivity index (χ2n) is 7.81. The van der Waals surface area contributed by atoms with E-state index in [0.717, 1.165) is 28.1 Å². The van der Waals surface area contributed by atoms with Crippen LogP contribution >= 0.6 is 0 Å². The molecule has 2 aliphatic heterocycles. The Kier molecular flexibility index (Phi) is 4.14. The number of aliphatic hydroxyl groups is 1. The molecule has 5 heterocycles. The third kappa shape index (κ3) is 2.79. The first kappa shape index (κ1) is 18.3. The number of hydrogen-bond acceptors (Lipinski definition) is 6. The van der Waals surface area contributed by atoms with Crippen LogP contribution in [0, 0.1) is 5.82 Å². The van der Waals surface area contributed by atoms with Gasteiger partial charge >= 0.3 is 0 Å². The van der Waals surface area contributed by atoms with Crippen LogP contribution in [0.5, 0.6) is 11.5 Å². The van der Waals surface area contributed by atoms with Crippen molar-refractivity contribution in [3.8, 4) is 22.6 Å². The zero-order valence-corrected chi connectivity index (χ0v) is 16.6. The van der Waals surface area contributed by atoms with E-state index < -0.39 is 0 Å². The Bertz CT molecular complexity index is 1320. The first-order valence-electron chi connectivity index (χ1n) is 10.2. The molecule has 0 fully saturated rings. The standard InChI is InChI=1S/C23H19FN4O3/c24-17-4-6-20-22-13(10-30-20)11-31-21-8-16(14-2-1-7-25-18(14)9-29)23-27-26-12-28(23)19(21)5-3-15(17)22/h1-2,4,6-8,12-13,29H,3,5,9-11H2/t13-/m1/s1. The highest BCUT2D eigenvalue weighted by Crippen LogP contribution is 2.41. The van der Waals surface area contributed by atoms with Crippen LogP contribution < -0.4 is 9.47 Å². The van der Waals surface area contributed by atoms with Crippen molar-refractivity contribution in [3.05, 3.63) is 71.2 Å². The lowest BCUT2D eigenvalue weighted by molar-refractivity contribution is 0.246. The van der Waals surface area contributed by atoms with Gasteiger partial charge in [0.1, 0.15) is 23.6 Å². The van der Waals surface area contributed by atoms with Crippen molar-refractivity contribution >= 4 is 5.65 Å². The molecule has 4 aromatic rings. The Morgan fingerprint density at radius 2 is 1.97 bits per heavy atom. The Morgan fingerprint density at radius 1 is 1.10 bits per heavy atom. The summed E-state index contributed by atoms with van der Waals surface area (Å²) in [5.41, 5.74) is 5.25. The van der Waals surface area contributed by atoms with Gasteiger partial charge in [0.2, 0.25) is 0 Å². The monoisotopic (exact) mass is 418 g/mol. The summed E-state index contributed by atoms with van der Waals surface area (Å²) < 4.78 is 28.7. The Labute approximate surface area is 177 Å². The topological polar surface area (TPSA) is 81.8 Å². The molecule has 6 rings (SSSR count). The SMILES string of the molecule is OCc1ncccc1-c1cc2c(n3cnnc13)CCc1c(F)ccc3c1[C@H](CO3)CO2. The summed E-state index contributed by atoms with van der Waals surface area (Å²) in [6, 6.07) is 8.83. The highest BCUT2D eigenvalue weighted by molar-refractivity contribution is 5.80. The van der Waals surface area contributed by atoms with Crippen molar-refractivity contribution in [2.24, 2.45) is 0 Å². The van der Waals surface area contributed by atoms with Crippen LogP contribution in [-0.2, 0) is 19.4 Å². The zero-order chi connectivity index (χ0) is 20.9. The highest BCUT2D eigenvalue weighted by Gasteiger charge is 2.31. The van der Waals surface area contributed by atoms with Crippen molar-refractivity contribution in [1.82, 2.24) is 19.6 Å². The molecule has 0 saturated carbocycles. The zero-order valence-electron chi connectivity index (χ0n) is 16.6. The van der Waals surface area contributed by atoms with Gasteiger partial charge < -0.3 is 14.6 Å². The highest BCUT2D eigenvalue weighted by atomic mass is 19.1. The molecule has 8 heteroatoms. The third-order valence-corrected chi connectivity index (χ3v) is 6.13. The summed E-state index contributed by atoms with van der Waals surface area (Å²) in [5.74, 6) is 1.20. The quantitative estimate of drug-likeness (QED) is 0.539. The van der Waals surface area contributed by atoms with Gasteiger partial charge in [-0.3, -0.25) is 9.38 Å². The van der Waals surface area contributed by atoms with Crippen LogP contribution in [0.3, 0.4) is 0 Å². The number of aryl methyl sites for hydroxylation is 1. The van der Waals surface area contributed by atoms with Gasteiger partial charge in [0.15, 0.2) is 5.65 Å². The maximum atomic E-state index is 14.7. The number of aliphatic hydroxyl groups excluding tert-OH is 1. The minimum absolute atomic E-state index is 0.0295. The molecule has 3 aromatic heterocycles. The number of aromatic nitrogens is 4. The predicted octanol–water partition coefficient (Wildman–Crippen LogP) is 3.08. The Balaban J connectivity index is 1.53. The summed E-state index contributed by atoms with van der Waals surface area (Å²) in [5, 5.41) is 18.2. The molecule has 0 radical (unpaired) electrons. The molecule has 156 valence electrons. The second-order valence-corrected chi connectivity index (χ2v) is 7.81. The van der Waals surface area contributed by atoms with E-state index in [9.17, 15) is 9.50 Å². The van der Waals surface area contributed by atoms with E-state index in [-0.39, 0.29) is 18.3 Å². The number of benzene rings is 1. The number of pyridine rings is 2. The van der Waals surface area contributed by atoms with E-state index in [1.54, 1.807) is 18.6 Å². The fourth-order valence-corrected chi connectivity index (χ4v) is 4.67. The molecule has 1 aromatic carbocycles. The average Bonchev–Trinajstić information content (AvgIpc) is 3.45.